The second kappa shape index (κ2) is 9.96. The number of piperazine rings is 1. The molecule has 0 aromatic heterocycles. The van der Waals surface area contributed by atoms with Crippen molar-refractivity contribution in [2.45, 2.75) is 26.3 Å². The number of likely N-dealkylation sites (N-methyl/N-ethyl adjacent to an activating group) is 1. The smallest absolute Gasteiger partial charge is 0.251 e. The number of hydrogen-bond donors (Lipinski definition) is 1. The Morgan fingerprint density at radius 1 is 0.853 bits per heavy atom. The van der Waals surface area contributed by atoms with E-state index in [1.54, 1.807) is 0 Å². The molecule has 34 heavy (non-hydrogen) atoms. The van der Waals surface area contributed by atoms with Gasteiger partial charge in [-0.3, -0.25) is 9.69 Å². The molecule has 0 bridgehead atoms. The van der Waals surface area contributed by atoms with Crippen molar-refractivity contribution in [3.8, 4) is 11.1 Å². The normalized spacial score (nSPS) is 16.6. The summed E-state index contributed by atoms with van der Waals surface area (Å²) in [4.78, 5) is 17.9. The molecule has 4 heteroatoms. The van der Waals surface area contributed by atoms with Crippen LogP contribution in [0, 0.1) is 6.92 Å². The Hall–Kier alpha value is -3.21. The van der Waals surface area contributed by atoms with Crippen LogP contribution in [0.15, 0.2) is 72.3 Å². The molecule has 5 rings (SSSR count). The number of aryl methyl sites for hydroxylation is 2. The molecule has 0 unspecified atom stereocenters. The van der Waals surface area contributed by atoms with Gasteiger partial charge in [-0.25, -0.2) is 0 Å². The Balaban J connectivity index is 1.25. The first-order valence-electron chi connectivity index (χ1n) is 12.3. The third-order valence-electron chi connectivity index (χ3n) is 7.03. The van der Waals surface area contributed by atoms with Crippen LogP contribution < -0.4 is 5.32 Å². The number of carbonyl (C=O) groups is 1. The van der Waals surface area contributed by atoms with E-state index in [9.17, 15) is 4.79 Å². The van der Waals surface area contributed by atoms with Crippen molar-refractivity contribution in [1.82, 2.24) is 9.80 Å². The molecule has 1 fully saturated rings. The van der Waals surface area contributed by atoms with Crippen LogP contribution in [0.4, 0.5) is 5.69 Å². The van der Waals surface area contributed by atoms with Gasteiger partial charge in [0, 0.05) is 44.0 Å². The maximum absolute atomic E-state index is 13.0. The predicted octanol–water partition coefficient (Wildman–Crippen LogP) is 5.38. The van der Waals surface area contributed by atoms with Crippen LogP contribution in [-0.4, -0.2) is 48.9 Å². The zero-order chi connectivity index (χ0) is 23.5. The van der Waals surface area contributed by atoms with Crippen molar-refractivity contribution in [2.24, 2.45) is 0 Å². The monoisotopic (exact) mass is 451 g/mol. The Bertz CT molecular complexity index is 1190. The van der Waals surface area contributed by atoms with Gasteiger partial charge >= 0.3 is 0 Å². The lowest BCUT2D eigenvalue weighted by Crippen LogP contribution is -2.43. The Kier molecular flexibility index (Phi) is 6.61. The molecule has 0 atom stereocenters. The summed E-state index contributed by atoms with van der Waals surface area (Å²) in [6, 6.07) is 23.5. The third-order valence-corrected chi connectivity index (χ3v) is 7.03. The minimum absolute atomic E-state index is 0.00166. The van der Waals surface area contributed by atoms with Crippen LogP contribution in [-0.2, 0) is 17.8 Å². The summed E-state index contributed by atoms with van der Waals surface area (Å²) < 4.78 is 0. The maximum atomic E-state index is 13.0. The summed E-state index contributed by atoms with van der Waals surface area (Å²) in [5.41, 5.74) is 9.09. The zero-order valence-electron chi connectivity index (χ0n) is 20.2. The van der Waals surface area contributed by atoms with Crippen molar-refractivity contribution in [3.05, 3.63) is 94.6 Å². The summed E-state index contributed by atoms with van der Waals surface area (Å²) in [6.07, 6.45) is 3.73. The van der Waals surface area contributed by atoms with Crippen LogP contribution in [0.25, 0.3) is 17.2 Å². The third kappa shape index (κ3) is 5.30. The van der Waals surface area contributed by atoms with Gasteiger partial charge in [0.05, 0.1) is 0 Å². The van der Waals surface area contributed by atoms with Crippen LogP contribution in [0.1, 0.15) is 28.7 Å². The highest BCUT2D eigenvalue weighted by atomic mass is 16.1. The number of benzene rings is 3. The number of carbonyl (C=O) groups excluding carboxylic acids is 1. The van der Waals surface area contributed by atoms with Crippen LogP contribution in [0.3, 0.4) is 0 Å². The fourth-order valence-electron chi connectivity index (χ4n) is 4.76. The molecular formula is C30H33N3O. The molecule has 3 aromatic rings. The van der Waals surface area contributed by atoms with Gasteiger partial charge in [-0.05, 0) is 78.9 Å². The van der Waals surface area contributed by atoms with Gasteiger partial charge in [-0.1, -0.05) is 54.1 Å². The first-order chi connectivity index (χ1) is 16.5. The van der Waals surface area contributed by atoms with Gasteiger partial charge in [-0.15, -0.1) is 0 Å². The van der Waals surface area contributed by atoms with Crippen LogP contribution >= 0.6 is 0 Å². The lowest BCUT2D eigenvalue weighted by molar-refractivity contribution is -0.112. The molecule has 0 spiro atoms. The van der Waals surface area contributed by atoms with Crippen LogP contribution in [0.5, 0.6) is 0 Å². The van der Waals surface area contributed by atoms with E-state index in [1.165, 1.54) is 27.8 Å². The van der Waals surface area contributed by atoms with Gasteiger partial charge in [0.25, 0.3) is 5.91 Å². The van der Waals surface area contributed by atoms with Gasteiger partial charge in [0.2, 0.25) is 0 Å². The average Bonchev–Trinajstić information content (AvgIpc) is 2.86. The molecule has 174 valence electrons. The van der Waals surface area contributed by atoms with Gasteiger partial charge in [0.15, 0.2) is 0 Å². The van der Waals surface area contributed by atoms with Gasteiger partial charge < -0.3 is 10.2 Å². The van der Waals surface area contributed by atoms with E-state index >= 15 is 0 Å². The topological polar surface area (TPSA) is 35.6 Å². The molecule has 4 nitrogen and oxygen atoms in total. The standard InChI is InChI=1S/C30H33N3O/c1-22-3-7-24(8-4-22)26-11-9-25-10-12-27(20-28(25)19-26)30(34)31-29-13-5-23(6-14-29)21-33-17-15-32(2)16-18-33/h3-9,11,13-14,19-20H,10,12,15-18,21H2,1-2H3,(H,31,34). The van der Waals surface area contributed by atoms with E-state index in [0.717, 1.165) is 62.4 Å². The second-order valence-corrected chi connectivity index (χ2v) is 9.68. The van der Waals surface area contributed by atoms with Crippen molar-refractivity contribution in [3.63, 3.8) is 0 Å². The van der Waals surface area contributed by atoms with E-state index < -0.39 is 0 Å². The molecule has 1 heterocycles. The number of anilines is 1. The summed E-state index contributed by atoms with van der Waals surface area (Å²) >= 11 is 0. The number of rotatable bonds is 5. The molecule has 2 aliphatic rings. The first-order valence-corrected chi connectivity index (χ1v) is 12.3. The first kappa shape index (κ1) is 22.6. The lowest BCUT2D eigenvalue weighted by atomic mass is 9.89. The highest BCUT2D eigenvalue weighted by Gasteiger charge is 2.18. The Morgan fingerprint density at radius 3 is 2.29 bits per heavy atom. The minimum Gasteiger partial charge on any atom is -0.322 e. The van der Waals surface area contributed by atoms with E-state index in [-0.39, 0.29) is 5.91 Å². The molecule has 1 N–H and O–H groups in total. The Labute approximate surface area is 202 Å². The number of fused-ring (bicyclic) bond motifs is 1. The molecule has 1 saturated heterocycles. The quantitative estimate of drug-likeness (QED) is 0.566. The van der Waals surface area contributed by atoms with Crippen LogP contribution in [0.2, 0.25) is 0 Å². The highest BCUT2D eigenvalue weighted by molar-refractivity contribution is 6.07. The molecule has 1 aliphatic heterocycles. The predicted molar refractivity (Wildman–Crippen MR) is 141 cm³/mol. The molecular weight excluding hydrogens is 418 g/mol. The van der Waals surface area contributed by atoms with E-state index in [2.05, 4.69) is 89.8 Å². The number of amides is 1. The zero-order valence-corrected chi connectivity index (χ0v) is 20.2. The lowest BCUT2D eigenvalue weighted by Gasteiger charge is -2.32. The van der Waals surface area contributed by atoms with E-state index in [4.69, 9.17) is 0 Å². The van der Waals surface area contributed by atoms with Crippen molar-refractivity contribution < 1.29 is 4.79 Å². The molecule has 1 amide bonds. The summed E-state index contributed by atoms with van der Waals surface area (Å²) in [6.45, 7) is 7.53. The summed E-state index contributed by atoms with van der Waals surface area (Å²) in [5.74, 6) is -0.00166. The minimum atomic E-state index is -0.00166. The Morgan fingerprint density at radius 2 is 1.56 bits per heavy atom. The number of nitrogens with zero attached hydrogens (tertiary/aromatic N) is 2. The van der Waals surface area contributed by atoms with Gasteiger partial charge in [-0.2, -0.15) is 0 Å². The maximum Gasteiger partial charge on any atom is 0.251 e. The average molecular weight is 452 g/mol. The SMILES string of the molecule is Cc1ccc(-c2ccc3c(c2)C=C(C(=O)Nc2ccc(CN4CCN(C)CC4)cc2)CC3)cc1. The largest absolute Gasteiger partial charge is 0.322 e. The fraction of sp³-hybridized carbons (Fsp3) is 0.300. The molecule has 3 aromatic carbocycles. The van der Waals surface area contributed by atoms with Crippen molar-refractivity contribution in [1.29, 1.82) is 0 Å². The molecule has 0 radical (unpaired) electrons. The molecule has 1 aliphatic carbocycles. The fourth-order valence-corrected chi connectivity index (χ4v) is 4.76. The summed E-state index contributed by atoms with van der Waals surface area (Å²) in [7, 11) is 2.18. The van der Waals surface area contributed by atoms with Gasteiger partial charge in [0.1, 0.15) is 0 Å². The van der Waals surface area contributed by atoms with E-state index in [1.807, 2.05) is 12.1 Å². The van der Waals surface area contributed by atoms with Crippen molar-refractivity contribution >= 4 is 17.7 Å². The second-order valence-electron chi connectivity index (χ2n) is 9.68. The highest BCUT2D eigenvalue weighted by Crippen LogP contribution is 2.30. The van der Waals surface area contributed by atoms with Crippen molar-refractivity contribution in [2.75, 3.05) is 38.5 Å². The number of hydrogen-bond acceptors (Lipinski definition) is 3. The van der Waals surface area contributed by atoms with E-state index in [0.29, 0.717) is 0 Å². The molecule has 0 saturated carbocycles. The summed E-state index contributed by atoms with van der Waals surface area (Å²) in [5, 5.41) is 3.10. The number of nitrogens with one attached hydrogen (secondary N) is 1.